The molecule has 1 heterocycles. The Morgan fingerprint density at radius 2 is 1.24 bits per heavy atom. The Morgan fingerprint density at radius 1 is 0.789 bits per heavy atom. The number of carbonyl (C=O) groups is 3. The fraction of sp³-hybridized carbons (Fsp3) is 0.276. The number of hydrogen-bond acceptors (Lipinski definition) is 3. The molecule has 3 amide bonds. The van der Waals surface area contributed by atoms with Gasteiger partial charge in [-0.1, -0.05) is 91.6 Å². The van der Waals surface area contributed by atoms with Crippen molar-refractivity contribution in [2.45, 2.75) is 29.6 Å². The lowest BCUT2D eigenvalue weighted by atomic mass is 9.54. The van der Waals surface area contributed by atoms with Crippen LogP contribution in [0.5, 0.6) is 0 Å². The lowest BCUT2D eigenvalue weighted by Crippen LogP contribution is -2.57. The molecule has 0 saturated carbocycles. The van der Waals surface area contributed by atoms with E-state index < -0.39 is 51.3 Å². The molecule has 1 fully saturated rings. The van der Waals surface area contributed by atoms with Gasteiger partial charge in [-0.05, 0) is 40.3 Å². The highest BCUT2D eigenvalue weighted by molar-refractivity contribution is 6.44. The van der Waals surface area contributed by atoms with Crippen molar-refractivity contribution < 1.29 is 14.4 Å². The Morgan fingerprint density at radius 3 is 1.66 bits per heavy atom. The SMILES string of the molecule is CC(C)[C@@H](C(=O)Nc1cccc(Cl)c1Cl)N1C(=O)[C@H]2[C@H](C1=O)C1(Cl)c3ccccc3C2(Cl)c2ccccc21. The summed E-state index contributed by atoms with van der Waals surface area (Å²) in [6, 6.07) is 18.6. The minimum atomic E-state index is -1.32. The van der Waals surface area contributed by atoms with Crippen LogP contribution in [0.25, 0.3) is 0 Å². The van der Waals surface area contributed by atoms with Gasteiger partial charge in [-0.3, -0.25) is 19.3 Å². The van der Waals surface area contributed by atoms with E-state index in [1.165, 1.54) is 0 Å². The summed E-state index contributed by atoms with van der Waals surface area (Å²) in [4.78, 5) is 40.6. The van der Waals surface area contributed by atoms with E-state index in [0.717, 1.165) is 4.90 Å². The van der Waals surface area contributed by atoms with Gasteiger partial charge in [0.15, 0.2) is 0 Å². The molecule has 0 radical (unpaired) electrons. The van der Waals surface area contributed by atoms with Crippen LogP contribution in [-0.4, -0.2) is 28.7 Å². The summed E-state index contributed by atoms with van der Waals surface area (Å²) >= 11 is 27.4. The van der Waals surface area contributed by atoms with E-state index in [-0.39, 0.29) is 15.7 Å². The maximum atomic E-state index is 14.3. The zero-order valence-corrected chi connectivity index (χ0v) is 23.4. The molecule has 3 aromatic rings. The molecule has 1 N–H and O–H groups in total. The van der Waals surface area contributed by atoms with Crippen molar-refractivity contribution >= 4 is 69.8 Å². The van der Waals surface area contributed by atoms with Crippen molar-refractivity contribution in [1.82, 2.24) is 4.90 Å². The third-order valence-corrected chi connectivity index (χ3v) is 10.1. The molecule has 5 nitrogen and oxygen atoms in total. The van der Waals surface area contributed by atoms with E-state index in [9.17, 15) is 14.4 Å². The molecular weight excluding hydrogens is 566 g/mol. The summed E-state index contributed by atoms with van der Waals surface area (Å²) in [7, 11) is 0. The second-order valence-electron chi connectivity index (χ2n) is 10.3. The molecule has 1 saturated heterocycles. The van der Waals surface area contributed by atoms with Gasteiger partial charge in [0, 0.05) is 0 Å². The highest BCUT2D eigenvalue weighted by Crippen LogP contribution is 2.69. The van der Waals surface area contributed by atoms with Gasteiger partial charge in [-0.25, -0.2) is 0 Å². The number of likely N-dealkylation sites (tertiary alicyclic amines) is 1. The molecule has 194 valence electrons. The molecule has 3 atom stereocenters. The zero-order valence-electron chi connectivity index (χ0n) is 20.3. The first kappa shape index (κ1) is 25.7. The molecular formula is C29H22Cl4N2O3. The number of nitrogens with one attached hydrogen (secondary N) is 1. The molecule has 2 bridgehead atoms. The Balaban J connectivity index is 1.49. The first-order valence-electron chi connectivity index (χ1n) is 12.2. The molecule has 38 heavy (non-hydrogen) atoms. The lowest BCUT2D eigenvalue weighted by molar-refractivity contribution is -0.148. The van der Waals surface area contributed by atoms with Gasteiger partial charge >= 0.3 is 0 Å². The summed E-state index contributed by atoms with van der Waals surface area (Å²) in [6.45, 7) is 3.55. The van der Waals surface area contributed by atoms with Gasteiger partial charge in [0.2, 0.25) is 17.7 Å². The smallest absolute Gasteiger partial charge is 0.247 e. The van der Waals surface area contributed by atoms with Crippen molar-refractivity contribution in [3.05, 3.63) is 99.0 Å². The van der Waals surface area contributed by atoms with Gasteiger partial charge in [-0.2, -0.15) is 0 Å². The van der Waals surface area contributed by atoms with E-state index in [4.69, 9.17) is 46.4 Å². The number of hydrogen-bond donors (Lipinski definition) is 1. The monoisotopic (exact) mass is 586 g/mol. The van der Waals surface area contributed by atoms with Crippen molar-refractivity contribution in [2.24, 2.45) is 17.8 Å². The van der Waals surface area contributed by atoms with Crippen LogP contribution >= 0.6 is 46.4 Å². The zero-order chi connectivity index (χ0) is 27.1. The summed E-state index contributed by atoms with van der Waals surface area (Å²) in [6.07, 6.45) is 0. The van der Waals surface area contributed by atoms with Crippen LogP contribution in [0, 0.1) is 17.8 Å². The van der Waals surface area contributed by atoms with Crippen molar-refractivity contribution in [3.63, 3.8) is 0 Å². The van der Waals surface area contributed by atoms with E-state index in [1.807, 2.05) is 48.5 Å². The third-order valence-electron chi connectivity index (χ3n) is 8.01. The van der Waals surface area contributed by atoms with E-state index in [1.54, 1.807) is 32.0 Å². The largest absolute Gasteiger partial charge is 0.323 e. The van der Waals surface area contributed by atoms with Crippen LogP contribution in [-0.2, 0) is 24.1 Å². The molecule has 3 aromatic carbocycles. The van der Waals surface area contributed by atoms with E-state index in [0.29, 0.717) is 22.3 Å². The summed E-state index contributed by atoms with van der Waals surface area (Å²) in [5.41, 5.74) is 3.10. The number of nitrogens with zero attached hydrogens (tertiary/aromatic N) is 1. The van der Waals surface area contributed by atoms with Crippen LogP contribution in [0.4, 0.5) is 5.69 Å². The number of imide groups is 1. The highest BCUT2D eigenvalue weighted by atomic mass is 35.5. The molecule has 0 spiro atoms. The van der Waals surface area contributed by atoms with Crippen molar-refractivity contribution in [1.29, 1.82) is 0 Å². The summed E-state index contributed by atoms with van der Waals surface area (Å²) < 4.78 is 0. The van der Waals surface area contributed by atoms with Gasteiger partial charge in [0.05, 0.1) is 27.6 Å². The molecule has 0 unspecified atom stereocenters. The Labute approximate surface area is 240 Å². The predicted molar refractivity (Wildman–Crippen MR) is 149 cm³/mol. The number of alkyl halides is 2. The number of halogens is 4. The van der Waals surface area contributed by atoms with Crippen LogP contribution in [0.1, 0.15) is 36.1 Å². The summed E-state index contributed by atoms with van der Waals surface area (Å²) in [5, 5.41) is 3.19. The third kappa shape index (κ3) is 3.16. The van der Waals surface area contributed by atoms with Crippen LogP contribution < -0.4 is 5.32 Å². The topological polar surface area (TPSA) is 66.5 Å². The fourth-order valence-electron chi connectivity index (χ4n) is 6.49. The Bertz CT molecular complexity index is 1420. The second kappa shape index (κ2) is 8.72. The molecule has 1 aliphatic heterocycles. The first-order valence-corrected chi connectivity index (χ1v) is 13.7. The van der Waals surface area contributed by atoms with Gasteiger partial charge in [0.25, 0.3) is 0 Å². The minimum Gasteiger partial charge on any atom is -0.323 e. The van der Waals surface area contributed by atoms with Crippen LogP contribution in [0.3, 0.4) is 0 Å². The maximum absolute atomic E-state index is 14.3. The van der Waals surface area contributed by atoms with Gasteiger partial charge < -0.3 is 5.32 Å². The second-order valence-corrected chi connectivity index (χ2v) is 12.3. The maximum Gasteiger partial charge on any atom is 0.247 e. The predicted octanol–water partition coefficient (Wildman–Crippen LogP) is 6.55. The number of amides is 3. The molecule has 4 aliphatic rings. The highest BCUT2D eigenvalue weighted by Gasteiger charge is 2.73. The minimum absolute atomic E-state index is 0.168. The normalized spacial score (nSPS) is 27.7. The molecule has 0 aromatic heterocycles. The number of anilines is 1. The first-order chi connectivity index (χ1) is 18.0. The molecule has 7 rings (SSSR count). The number of carbonyl (C=O) groups excluding carboxylic acids is 3. The van der Waals surface area contributed by atoms with Gasteiger partial charge in [-0.15, -0.1) is 23.2 Å². The molecule has 3 aliphatic carbocycles. The number of rotatable bonds is 4. The average molecular weight is 588 g/mol. The number of benzene rings is 3. The van der Waals surface area contributed by atoms with E-state index >= 15 is 0 Å². The average Bonchev–Trinajstić information content (AvgIpc) is 3.16. The quantitative estimate of drug-likeness (QED) is 0.278. The van der Waals surface area contributed by atoms with Gasteiger partial charge in [0.1, 0.15) is 15.8 Å². The van der Waals surface area contributed by atoms with Crippen LogP contribution in [0.2, 0.25) is 10.0 Å². The van der Waals surface area contributed by atoms with E-state index in [2.05, 4.69) is 5.32 Å². The Hall–Kier alpha value is -2.57. The van der Waals surface area contributed by atoms with Crippen molar-refractivity contribution in [3.8, 4) is 0 Å². The molecule has 9 heteroatoms. The standard InChI is InChI=1S/C29H22Cl4N2O3/c1-14(2)24(25(36)34-20-13-7-12-19(30)23(20)31)35-26(37)21-22(27(35)38)29(33)16-9-4-3-8-15(16)28(21,32)17-10-5-6-11-18(17)29/h3-14,21-22,24H,1-2H3,(H,34,36)/t21-,22-,24+,28?,29?/m1/s1. The summed E-state index contributed by atoms with van der Waals surface area (Å²) in [5.74, 6) is -3.98. The Kier molecular flexibility index (Phi) is 5.90. The lowest BCUT2D eigenvalue weighted by Gasteiger charge is -2.54. The fourth-order valence-corrected chi connectivity index (χ4v) is 7.93. The van der Waals surface area contributed by atoms with Crippen LogP contribution in [0.15, 0.2) is 66.7 Å². The van der Waals surface area contributed by atoms with Crippen molar-refractivity contribution in [2.75, 3.05) is 5.32 Å².